The molecule has 174 valence electrons. The summed E-state index contributed by atoms with van der Waals surface area (Å²) in [5.41, 5.74) is 1.24. The minimum absolute atomic E-state index is 0.0540. The molecule has 1 aromatic carbocycles. The van der Waals surface area contributed by atoms with Crippen LogP contribution in [0.1, 0.15) is 36.2 Å². The van der Waals surface area contributed by atoms with Crippen molar-refractivity contribution in [2.45, 2.75) is 44.7 Å². The number of rotatable bonds is 3. The summed E-state index contributed by atoms with van der Waals surface area (Å²) in [4.78, 5) is 15.7. The summed E-state index contributed by atoms with van der Waals surface area (Å²) < 4.78 is 54.1. The molecular formula is C20H22F3N3O6. The molecule has 3 atom stereocenters. The fraction of sp³-hybridized carbons (Fsp3) is 0.550. The van der Waals surface area contributed by atoms with Crippen molar-refractivity contribution < 1.29 is 41.8 Å². The Balaban J connectivity index is 0.000000307. The molecule has 2 aromatic rings. The fourth-order valence-electron chi connectivity index (χ4n) is 4.04. The number of fused-ring (bicyclic) bond motifs is 2. The maximum Gasteiger partial charge on any atom is 0.490 e. The predicted molar refractivity (Wildman–Crippen MR) is 101 cm³/mol. The number of carbonyl (C=O) groups is 1. The number of aliphatic carboxylic acids is 1. The van der Waals surface area contributed by atoms with Crippen molar-refractivity contribution in [2.24, 2.45) is 5.92 Å². The van der Waals surface area contributed by atoms with Gasteiger partial charge in [0.05, 0.1) is 6.10 Å². The van der Waals surface area contributed by atoms with Crippen molar-refractivity contribution in [3.05, 3.63) is 35.5 Å². The molecule has 1 N–H and O–H groups in total. The lowest BCUT2D eigenvalue weighted by molar-refractivity contribution is -0.192. The van der Waals surface area contributed by atoms with E-state index in [-0.39, 0.29) is 12.2 Å². The number of piperidine rings is 1. The van der Waals surface area contributed by atoms with E-state index in [1.165, 1.54) is 5.56 Å². The zero-order valence-electron chi connectivity index (χ0n) is 17.2. The number of aromatic nitrogens is 2. The van der Waals surface area contributed by atoms with Crippen LogP contribution in [0, 0.1) is 12.8 Å². The molecule has 0 radical (unpaired) electrons. The number of halogens is 3. The zero-order chi connectivity index (χ0) is 22.9. The summed E-state index contributed by atoms with van der Waals surface area (Å²) in [6.45, 7) is 5.06. The Kier molecular flexibility index (Phi) is 6.24. The number of likely N-dealkylation sites (tertiary alicyclic amines) is 1. The van der Waals surface area contributed by atoms with E-state index >= 15 is 0 Å². The van der Waals surface area contributed by atoms with Gasteiger partial charge in [-0.15, -0.1) is 0 Å². The number of nitrogens with zero attached hydrogens (tertiary/aromatic N) is 3. The van der Waals surface area contributed by atoms with Crippen LogP contribution in [0.15, 0.2) is 22.7 Å². The second kappa shape index (κ2) is 8.94. The molecule has 0 unspecified atom stereocenters. The van der Waals surface area contributed by atoms with Crippen molar-refractivity contribution >= 4 is 5.97 Å². The third-order valence-corrected chi connectivity index (χ3v) is 5.54. The van der Waals surface area contributed by atoms with Gasteiger partial charge in [0.2, 0.25) is 6.79 Å². The molecule has 32 heavy (non-hydrogen) atoms. The van der Waals surface area contributed by atoms with Crippen molar-refractivity contribution in [1.82, 2.24) is 15.0 Å². The Morgan fingerprint density at radius 3 is 2.72 bits per heavy atom. The van der Waals surface area contributed by atoms with E-state index in [1.54, 1.807) is 0 Å². The van der Waals surface area contributed by atoms with E-state index in [0.29, 0.717) is 24.4 Å². The standard InChI is InChI=1S/C18H21N3O4.C2HF3O2/c1-11-19-18(25-20-11)16-7-13-4-5-21(9-17(13)24-16)8-12-2-3-14-15(6-12)23-10-22-14;3-2(4,5)1(6)7/h2-3,6,13,16-17H,4-5,7-10H2,1H3;(H,6,7)/t13-,16-,17+;/m0./s1. The molecule has 0 bridgehead atoms. The first-order valence-corrected chi connectivity index (χ1v) is 10.1. The normalized spacial score (nSPS) is 24.6. The van der Waals surface area contributed by atoms with Crippen LogP contribution in [-0.4, -0.2) is 58.3 Å². The molecule has 2 saturated heterocycles. The Labute approximate surface area is 181 Å². The lowest BCUT2D eigenvalue weighted by Gasteiger charge is -2.34. The molecule has 0 saturated carbocycles. The van der Waals surface area contributed by atoms with Gasteiger partial charge in [-0.25, -0.2) is 4.79 Å². The highest BCUT2D eigenvalue weighted by Crippen LogP contribution is 2.41. The molecule has 0 amide bonds. The van der Waals surface area contributed by atoms with Crippen molar-refractivity contribution in [2.75, 3.05) is 19.9 Å². The summed E-state index contributed by atoms with van der Waals surface area (Å²) in [7, 11) is 0. The van der Waals surface area contributed by atoms with Crippen molar-refractivity contribution in [3.63, 3.8) is 0 Å². The van der Waals surface area contributed by atoms with Gasteiger partial charge < -0.3 is 23.8 Å². The summed E-state index contributed by atoms with van der Waals surface area (Å²) in [6.07, 6.45) is -2.79. The highest BCUT2D eigenvalue weighted by molar-refractivity contribution is 5.73. The monoisotopic (exact) mass is 457 g/mol. The van der Waals surface area contributed by atoms with Crippen LogP contribution in [0.3, 0.4) is 0 Å². The van der Waals surface area contributed by atoms with Crippen LogP contribution < -0.4 is 9.47 Å². The molecule has 9 nitrogen and oxygen atoms in total. The Bertz CT molecular complexity index is 966. The quantitative estimate of drug-likeness (QED) is 0.744. The van der Waals surface area contributed by atoms with Crippen molar-refractivity contribution in [1.29, 1.82) is 0 Å². The van der Waals surface area contributed by atoms with E-state index in [9.17, 15) is 13.2 Å². The van der Waals surface area contributed by atoms with Gasteiger partial charge in [-0.3, -0.25) is 4.90 Å². The largest absolute Gasteiger partial charge is 0.490 e. The minimum atomic E-state index is -5.08. The number of hydrogen-bond acceptors (Lipinski definition) is 8. The number of aryl methyl sites for hydroxylation is 1. The number of carboxylic acids is 1. The van der Waals surface area contributed by atoms with Gasteiger partial charge in [-0.1, -0.05) is 11.2 Å². The average molecular weight is 457 g/mol. The first-order valence-electron chi connectivity index (χ1n) is 10.1. The van der Waals surface area contributed by atoms with Crippen molar-refractivity contribution in [3.8, 4) is 11.5 Å². The van der Waals surface area contributed by atoms with E-state index in [1.807, 2.05) is 13.0 Å². The molecule has 3 aliphatic heterocycles. The number of ether oxygens (including phenoxy) is 3. The molecule has 4 heterocycles. The van der Waals surface area contributed by atoms with Gasteiger partial charge in [-0.05, 0) is 49.9 Å². The Morgan fingerprint density at radius 1 is 1.28 bits per heavy atom. The van der Waals surface area contributed by atoms with Gasteiger partial charge in [0.15, 0.2) is 17.3 Å². The maximum absolute atomic E-state index is 10.6. The van der Waals surface area contributed by atoms with Crippen LogP contribution >= 0.6 is 0 Å². The third-order valence-electron chi connectivity index (χ3n) is 5.54. The molecule has 2 fully saturated rings. The lowest BCUT2D eigenvalue weighted by Crippen LogP contribution is -2.41. The predicted octanol–water partition coefficient (Wildman–Crippen LogP) is 3.09. The lowest BCUT2D eigenvalue weighted by atomic mass is 9.91. The van der Waals surface area contributed by atoms with Gasteiger partial charge in [0.25, 0.3) is 5.89 Å². The number of hydrogen-bond donors (Lipinski definition) is 1. The van der Waals surface area contributed by atoms with Crippen LogP contribution in [0.2, 0.25) is 0 Å². The molecule has 0 aliphatic carbocycles. The molecule has 3 aliphatic rings. The SMILES string of the molecule is Cc1noc([C@@H]2C[C@@H]3CCN(Cc4ccc5c(c4)OCO5)C[C@H]3O2)n1.O=C(O)C(F)(F)F. The van der Waals surface area contributed by atoms with Crippen LogP contribution in [0.25, 0.3) is 0 Å². The summed E-state index contributed by atoms with van der Waals surface area (Å²) in [6, 6.07) is 6.18. The summed E-state index contributed by atoms with van der Waals surface area (Å²) >= 11 is 0. The molecular weight excluding hydrogens is 435 g/mol. The van der Waals surface area contributed by atoms with E-state index in [0.717, 1.165) is 44.0 Å². The number of alkyl halides is 3. The topological polar surface area (TPSA) is 107 Å². The van der Waals surface area contributed by atoms with Gasteiger partial charge in [0.1, 0.15) is 6.10 Å². The Morgan fingerprint density at radius 2 is 2.03 bits per heavy atom. The van der Waals surface area contributed by atoms with Crippen LogP contribution in [0.4, 0.5) is 13.2 Å². The third kappa shape index (κ3) is 5.13. The second-order valence-electron chi connectivity index (χ2n) is 7.85. The average Bonchev–Trinajstić information content (AvgIpc) is 3.46. The summed E-state index contributed by atoms with van der Waals surface area (Å²) in [5, 5.41) is 11.0. The zero-order valence-corrected chi connectivity index (χ0v) is 17.2. The number of carboxylic acid groups (broad SMARTS) is 1. The minimum Gasteiger partial charge on any atom is -0.475 e. The van der Waals surface area contributed by atoms with Crippen LogP contribution in [0.5, 0.6) is 11.5 Å². The Hall–Kier alpha value is -2.86. The highest BCUT2D eigenvalue weighted by atomic mass is 19.4. The summed E-state index contributed by atoms with van der Waals surface area (Å²) in [5.74, 6) is 0.778. The van der Waals surface area contributed by atoms with Crippen LogP contribution in [-0.2, 0) is 16.1 Å². The highest BCUT2D eigenvalue weighted by Gasteiger charge is 2.41. The van der Waals surface area contributed by atoms with Gasteiger partial charge in [-0.2, -0.15) is 18.2 Å². The number of benzene rings is 1. The molecule has 1 aromatic heterocycles. The van der Waals surface area contributed by atoms with E-state index in [4.69, 9.17) is 28.6 Å². The molecule has 5 rings (SSSR count). The van der Waals surface area contributed by atoms with Gasteiger partial charge >= 0.3 is 12.1 Å². The fourth-order valence-corrected chi connectivity index (χ4v) is 4.04. The van der Waals surface area contributed by atoms with E-state index in [2.05, 4.69) is 27.2 Å². The first-order chi connectivity index (χ1) is 15.2. The smallest absolute Gasteiger partial charge is 0.475 e. The maximum atomic E-state index is 10.6. The molecule has 12 heteroatoms. The van der Waals surface area contributed by atoms with Gasteiger partial charge in [0, 0.05) is 13.1 Å². The van der Waals surface area contributed by atoms with E-state index < -0.39 is 12.1 Å². The first kappa shape index (κ1) is 22.3. The molecule has 0 spiro atoms. The second-order valence-corrected chi connectivity index (χ2v) is 7.85.